The van der Waals surface area contributed by atoms with Gasteiger partial charge in [-0.3, -0.25) is 19.5 Å². The van der Waals surface area contributed by atoms with Crippen molar-refractivity contribution in [1.29, 1.82) is 0 Å². The molecule has 0 saturated heterocycles. The second-order valence-corrected chi connectivity index (χ2v) is 11.2. The molecule has 0 amide bonds. The number of thiazole rings is 1. The summed E-state index contributed by atoms with van der Waals surface area (Å²) in [5, 5.41) is 11.2. The van der Waals surface area contributed by atoms with Crippen LogP contribution in [0.4, 0.5) is 5.69 Å². The molecule has 5 aromatic rings. The summed E-state index contributed by atoms with van der Waals surface area (Å²) in [5.41, 5.74) is 5.73. The third-order valence-corrected chi connectivity index (χ3v) is 8.85. The number of aromatic nitrogens is 1. The third kappa shape index (κ3) is 4.56. The Kier molecular flexibility index (Phi) is 6.55. The lowest BCUT2D eigenvalue weighted by atomic mass is 9.83. The third-order valence-electron chi connectivity index (χ3n) is 7.87. The Bertz CT molecular complexity index is 2120. The van der Waals surface area contributed by atoms with Crippen molar-refractivity contribution in [1.82, 2.24) is 4.57 Å². The van der Waals surface area contributed by atoms with Crippen LogP contribution in [0.2, 0.25) is 0 Å². The average Bonchev–Trinajstić information content (AvgIpc) is 3.63. The van der Waals surface area contributed by atoms with Crippen molar-refractivity contribution in [3.63, 3.8) is 0 Å². The molecule has 43 heavy (non-hydrogen) atoms. The molecule has 9 nitrogen and oxygen atoms in total. The molecule has 1 atom stereocenters. The fourth-order valence-corrected chi connectivity index (χ4v) is 6.79. The first-order valence-electron chi connectivity index (χ1n) is 13.6. The predicted molar refractivity (Wildman–Crippen MR) is 163 cm³/mol. The molecule has 1 aliphatic carbocycles. The highest BCUT2D eigenvalue weighted by molar-refractivity contribution is 7.07. The molecule has 3 heterocycles. The number of fused-ring (bicyclic) bond motifs is 3. The Morgan fingerprint density at radius 1 is 1.00 bits per heavy atom. The first-order chi connectivity index (χ1) is 20.9. The van der Waals surface area contributed by atoms with Crippen LogP contribution in [0.3, 0.4) is 0 Å². The van der Waals surface area contributed by atoms with Gasteiger partial charge in [-0.1, -0.05) is 47.7 Å². The zero-order chi connectivity index (χ0) is 29.7. The molecule has 0 spiro atoms. The van der Waals surface area contributed by atoms with Gasteiger partial charge >= 0.3 is 0 Å². The first-order valence-corrected chi connectivity index (χ1v) is 14.5. The quantitative estimate of drug-likeness (QED) is 0.191. The van der Waals surface area contributed by atoms with Crippen LogP contribution in [0.25, 0.3) is 23.1 Å². The molecular weight excluding hydrogens is 566 g/mol. The van der Waals surface area contributed by atoms with Crippen LogP contribution < -0.4 is 24.4 Å². The lowest BCUT2D eigenvalue weighted by molar-refractivity contribution is -0.384. The number of allylic oxidation sites excluding steroid dienone is 1. The number of hydrogen-bond acceptors (Lipinski definition) is 8. The van der Waals surface area contributed by atoms with Crippen molar-refractivity contribution < 1.29 is 18.8 Å². The minimum atomic E-state index is -0.477. The van der Waals surface area contributed by atoms with E-state index in [1.54, 1.807) is 36.0 Å². The molecule has 0 N–H and O–H groups in total. The van der Waals surface area contributed by atoms with Crippen molar-refractivity contribution in [2.45, 2.75) is 18.9 Å². The van der Waals surface area contributed by atoms with Crippen molar-refractivity contribution in [2.75, 3.05) is 14.2 Å². The molecule has 0 unspecified atom stereocenters. The number of non-ortho nitro benzene ring substituents is 1. The lowest BCUT2D eigenvalue weighted by Gasteiger charge is -2.30. The number of aryl methyl sites for hydroxylation is 1. The monoisotopic (exact) mass is 591 g/mol. The van der Waals surface area contributed by atoms with Gasteiger partial charge in [0.1, 0.15) is 23.0 Å². The van der Waals surface area contributed by atoms with E-state index in [0.29, 0.717) is 32.2 Å². The normalized spacial score (nSPS) is 15.8. The Hall–Kier alpha value is -5.22. The van der Waals surface area contributed by atoms with Crippen molar-refractivity contribution in [3.8, 4) is 22.8 Å². The summed E-state index contributed by atoms with van der Waals surface area (Å²) in [6.45, 7) is 0. The second-order valence-electron chi connectivity index (χ2n) is 10.2. The number of nitro benzene ring substituents is 1. The van der Waals surface area contributed by atoms with Gasteiger partial charge in [0.2, 0.25) is 0 Å². The van der Waals surface area contributed by atoms with E-state index < -0.39 is 4.92 Å². The minimum Gasteiger partial charge on any atom is -0.497 e. The van der Waals surface area contributed by atoms with Gasteiger partial charge in [0.05, 0.1) is 47.0 Å². The van der Waals surface area contributed by atoms with E-state index in [0.717, 1.165) is 41.0 Å². The predicted octanol–water partition coefficient (Wildman–Crippen LogP) is 5.50. The van der Waals surface area contributed by atoms with E-state index in [4.69, 9.17) is 18.9 Å². The largest absolute Gasteiger partial charge is 0.497 e. The number of furan rings is 1. The summed E-state index contributed by atoms with van der Waals surface area (Å²) in [6.07, 6.45) is 3.39. The van der Waals surface area contributed by atoms with Gasteiger partial charge in [-0.25, -0.2) is 4.99 Å². The highest BCUT2D eigenvalue weighted by Gasteiger charge is 2.32. The Balaban J connectivity index is 1.36. The molecule has 0 saturated carbocycles. The van der Waals surface area contributed by atoms with Crippen LogP contribution in [-0.2, 0) is 6.42 Å². The molecular formula is C33H25N3O6S. The van der Waals surface area contributed by atoms with Gasteiger partial charge in [-0.2, -0.15) is 0 Å². The van der Waals surface area contributed by atoms with E-state index in [1.165, 1.54) is 36.1 Å². The summed E-state index contributed by atoms with van der Waals surface area (Å²) in [4.78, 5) is 30.4. The van der Waals surface area contributed by atoms with Crippen LogP contribution in [0.15, 0.2) is 98.6 Å². The number of rotatable bonds is 6. The summed E-state index contributed by atoms with van der Waals surface area (Å²) in [5.74, 6) is 2.00. The van der Waals surface area contributed by atoms with E-state index in [-0.39, 0.29) is 17.3 Å². The molecule has 2 aliphatic rings. The van der Waals surface area contributed by atoms with Crippen molar-refractivity contribution in [3.05, 3.63) is 137 Å². The number of hydrogen-bond donors (Lipinski definition) is 0. The minimum absolute atomic E-state index is 0.0785. The SMILES string of the molecule is COc1ccc([C@H]2C3=C(N=c4s/c(=C/c5ccc(-c6ccc([N+](=O)[O-])cc6OC)o5)c(=O)n42)c2ccccc2CC3)cc1. The van der Waals surface area contributed by atoms with Crippen LogP contribution in [0, 0.1) is 10.1 Å². The summed E-state index contributed by atoms with van der Waals surface area (Å²) in [7, 11) is 3.08. The van der Waals surface area contributed by atoms with E-state index in [9.17, 15) is 14.9 Å². The molecule has 7 rings (SSSR count). The molecule has 3 aromatic carbocycles. The summed E-state index contributed by atoms with van der Waals surface area (Å²) < 4.78 is 19.1. The number of nitro groups is 1. The van der Waals surface area contributed by atoms with Gasteiger partial charge in [-0.15, -0.1) is 0 Å². The number of ether oxygens (including phenoxy) is 2. The molecule has 0 bridgehead atoms. The van der Waals surface area contributed by atoms with Gasteiger partial charge in [0.25, 0.3) is 11.2 Å². The first kappa shape index (κ1) is 26.7. The smallest absolute Gasteiger partial charge is 0.273 e. The van der Waals surface area contributed by atoms with Crippen molar-refractivity contribution >= 4 is 28.8 Å². The maximum Gasteiger partial charge on any atom is 0.273 e. The van der Waals surface area contributed by atoms with E-state index in [2.05, 4.69) is 12.1 Å². The standard InChI is InChI=1S/C33H25N3O6S/c1-40-22-11-7-20(8-12-22)31-26-14-9-19-5-3-4-6-24(19)30(26)34-33-35(31)32(37)29(43-33)18-23-13-16-27(42-23)25-15-10-21(36(38)39)17-28(25)41-2/h3-8,10-13,15-18,31H,9,14H2,1-2H3/b29-18+/t31-/m0/s1. The topological polar surface area (TPSA) is 109 Å². The highest BCUT2D eigenvalue weighted by Crippen LogP contribution is 2.41. The summed E-state index contributed by atoms with van der Waals surface area (Å²) in [6, 6.07) is 23.7. The zero-order valence-corrected chi connectivity index (χ0v) is 24.1. The molecule has 2 aromatic heterocycles. The molecule has 0 radical (unpaired) electrons. The number of methoxy groups -OCH3 is 2. The Morgan fingerprint density at radius 2 is 1.81 bits per heavy atom. The van der Waals surface area contributed by atoms with Gasteiger partial charge in [0.15, 0.2) is 4.80 Å². The van der Waals surface area contributed by atoms with Gasteiger partial charge in [0, 0.05) is 17.7 Å². The lowest BCUT2D eigenvalue weighted by Crippen LogP contribution is -2.38. The van der Waals surface area contributed by atoms with Crippen LogP contribution in [-0.4, -0.2) is 23.7 Å². The Morgan fingerprint density at radius 3 is 2.58 bits per heavy atom. The highest BCUT2D eigenvalue weighted by atomic mass is 32.1. The van der Waals surface area contributed by atoms with Crippen LogP contribution in [0.1, 0.15) is 34.9 Å². The van der Waals surface area contributed by atoms with Gasteiger partial charge < -0.3 is 13.9 Å². The van der Waals surface area contributed by atoms with Crippen LogP contribution in [0.5, 0.6) is 11.5 Å². The Labute approximate surface area is 249 Å². The van der Waals surface area contributed by atoms with E-state index >= 15 is 0 Å². The summed E-state index contributed by atoms with van der Waals surface area (Å²) >= 11 is 1.32. The van der Waals surface area contributed by atoms with E-state index in [1.807, 2.05) is 36.4 Å². The maximum atomic E-state index is 14.0. The average molecular weight is 592 g/mol. The molecule has 0 fully saturated rings. The fraction of sp³-hybridized carbons (Fsp3) is 0.152. The van der Waals surface area contributed by atoms with Gasteiger partial charge in [-0.05, 0) is 59.9 Å². The fourth-order valence-electron chi connectivity index (χ4n) is 5.81. The molecule has 214 valence electrons. The van der Waals surface area contributed by atoms with Crippen LogP contribution >= 0.6 is 11.3 Å². The molecule has 1 aliphatic heterocycles. The maximum absolute atomic E-state index is 14.0. The number of nitrogens with zero attached hydrogens (tertiary/aromatic N) is 3. The zero-order valence-electron chi connectivity index (χ0n) is 23.3. The number of benzene rings is 3. The molecule has 10 heteroatoms. The van der Waals surface area contributed by atoms with Crippen molar-refractivity contribution in [2.24, 2.45) is 4.99 Å². The second kappa shape index (κ2) is 10.6.